The maximum absolute atomic E-state index is 5.60. The minimum atomic E-state index is 0.501. The summed E-state index contributed by atoms with van der Waals surface area (Å²) in [6.07, 6.45) is 0. The molecule has 0 aliphatic carbocycles. The number of hydrogen-bond acceptors (Lipinski definition) is 4. The zero-order chi connectivity index (χ0) is 9.97. The molecule has 3 nitrogen and oxygen atoms in total. The van der Waals surface area contributed by atoms with Gasteiger partial charge in [-0.1, -0.05) is 28.3 Å². The molecule has 0 fully saturated rings. The topological polar surface area (TPSA) is 51.8 Å². The Kier molecular flexibility index (Phi) is 2.56. The predicted molar refractivity (Wildman–Crippen MR) is 58.0 cm³/mol. The van der Waals surface area contributed by atoms with Crippen molar-refractivity contribution in [3.8, 4) is 11.3 Å². The molecule has 1 aromatic heterocycles. The van der Waals surface area contributed by atoms with E-state index in [4.69, 9.17) is 5.73 Å². The van der Waals surface area contributed by atoms with Crippen molar-refractivity contribution in [2.24, 2.45) is 5.73 Å². The minimum Gasteiger partial charge on any atom is -0.326 e. The first-order valence-corrected chi connectivity index (χ1v) is 5.17. The van der Waals surface area contributed by atoms with Gasteiger partial charge in [-0.15, -0.1) is 5.10 Å². The van der Waals surface area contributed by atoms with Gasteiger partial charge in [-0.2, -0.15) is 0 Å². The highest BCUT2D eigenvalue weighted by Gasteiger charge is 2.08. The highest BCUT2D eigenvalue weighted by atomic mass is 32.1. The first-order chi connectivity index (χ1) is 6.81. The molecule has 0 aliphatic rings. The van der Waals surface area contributed by atoms with E-state index in [0.29, 0.717) is 6.54 Å². The van der Waals surface area contributed by atoms with E-state index >= 15 is 0 Å². The lowest BCUT2D eigenvalue weighted by Gasteiger charge is -1.99. The summed E-state index contributed by atoms with van der Waals surface area (Å²) in [4.78, 5) is 1.04. The zero-order valence-corrected chi connectivity index (χ0v) is 8.71. The van der Waals surface area contributed by atoms with Crippen molar-refractivity contribution in [3.63, 3.8) is 0 Å². The van der Waals surface area contributed by atoms with Gasteiger partial charge < -0.3 is 5.73 Å². The highest BCUT2D eigenvalue weighted by molar-refractivity contribution is 7.05. The third-order valence-electron chi connectivity index (χ3n) is 2.03. The molecule has 2 aromatic rings. The van der Waals surface area contributed by atoms with Crippen LogP contribution in [0.5, 0.6) is 0 Å². The largest absolute Gasteiger partial charge is 0.326 e. The van der Waals surface area contributed by atoms with E-state index in [1.165, 1.54) is 17.1 Å². The number of nitrogens with two attached hydrogens (primary N) is 1. The fraction of sp³-hybridized carbons (Fsp3) is 0.200. The van der Waals surface area contributed by atoms with Gasteiger partial charge in [0, 0.05) is 12.1 Å². The number of benzene rings is 1. The Morgan fingerprint density at radius 1 is 1.43 bits per heavy atom. The Hall–Kier alpha value is -1.26. The van der Waals surface area contributed by atoms with Crippen molar-refractivity contribution < 1.29 is 0 Å². The summed E-state index contributed by atoms with van der Waals surface area (Å²) in [6, 6.07) is 8.20. The van der Waals surface area contributed by atoms with E-state index < -0.39 is 0 Å². The van der Waals surface area contributed by atoms with E-state index in [0.717, 1.165) is 16.1 Å². The second kappa shape index (κ2) is 3.86. The summed E-state index contributed by atoms with van der Waals surface area (Å²) >= 11 is 1.36. The molecule has 2 N–H and O–H groups in total. The molecule has 72 valence electrons. The molecule has 0 unspecified atom stereocenters. The number of aryl methyl sites for hydroxylation is 1. The predicted octanol–water partition coefficient (Wildman–Crippen LogP) is 1.97. The van der Waals surface area contributed by atoms with Gasteiger partial charge >= 0.3 is 0 Å². The van der Waals surface area contributed by atoms with Crippen molar-refractivity contribution in [2.75, 3.05) is 0 Å². The molecule has 0 aliphatic heterocycles. The monoisotopic (exact) mass is 205 g/mol. The van der Waals surface area contributed by atoms with Gasteiger partial charge in [0.25, 0.3) is 0 Å². The van der Waals surface area contributed by atoms with E-state index in [9.17, 15) is 0 Å². The Labute approximate surface area is 86.7 Å². The third-order valence-corrected chi connectivity index (χ3v) is 2.78. The standard InChI is InChI=1S/C10H11N3S/c1-7-3-2-4-8(5-7)10-9(6-11)14-13-12-10/h2-5H,6,11H2,1H3. The second-order valence-electron chi connectivity index (χ2n) is 3.12. The Balaban J connectivity index is 2.49. The van der Waals surface area contributed by atoms with Crippen molar-refractivity contribution in [3.05, 3.63) is 34.7 Å². The number of aromatic nitrogens is 2. The highest BCUT2D eigenvalue weighted by Crippen LogP contribution is 2.23. The van der Waals surface area contributed by atoms with Gasteiger partial charge in [0.05, 0.1) is 4.88 Å². The van der Waals surface area contributed by atoms with Gasteiger partial charge in [0.1, 0.15) is 5.69 Å². The average molecular weight is 205 g/mol. The summed E-state index contributed by atoms with van der Waals surface area (Å²) in [7, 11) is 0. The van der Waals surface area contributed by atoms with Crippen LogP contribution in [0.1, 0.15) is 10.4 Å². The fourth-order valence-electron chi connectivity index (χ4n) is 1.35. The van der Waals surface area contributed by atoms with Crippen LogP contribution in [0.2, 0.25) is 0 Å². The molecule has 0 spiro atoms. The maximum Gasteiger partial charge on any atom is 0.110 e. The summed E-state index contributed by atoms with van der Waals surface area (Å²) in [6.45, 7) is 2.56. The fourth-order valence-corrected chi connectivity index (χ4v) is 1.90. The molecule has 0 saturated carbocycles. The van der Waals surface area contributed by atoms with Crippen molar-refractivity contribution >= 4 is 11.5 Å². The molecule has 1 aromatic carbocycles. The molecular formula is C10H11N3S. The number of hydrogen-bond donors (Lipinski definition) is 1. The van der Waals surface area contributed by atoms with E-state index in [1.807, 2.05) is 12.1 Å². The van der Waals surface area contributed by atoms with Crippen molar-refractivity contribution in [1.82, 2.24) is 9.59 Å². The van der Waals surface area contributed by atoms with Gasteiger partial charge in [-0.05, 0) is 24.5 Å². The Morgan fingerprint density at radius 2 is 2.29 bits per heavy atom. The zero-order valence-electron chi connectivity index (χ0n) is 7.90. The molecule has 0 bridgehead atoms. The maximum atomic E-state index is 5.60. The van der Waals surface area contributed by atoms with Gasteiger partial charge in [-0.25, -0.2) is 0 Å². The molecular weight excluding hydrogens is 194 g/mol. The van der Waals surface area contributed by atoms with Crippen LogP contribution in [-0.2, 0) is 6.54 Å². The summed E-state index contributed by atoms with van der Waals surface area (Å²) in [5, 5.41) is 4.09. The van der Waals surface area contributed by atoms with Gasteiger partial charge in [-0.3, -0.25) is 0 Å². The van der Waals surface area contributed by atoms with Crippen LogP contribution in [0, 0.1) is 6.92 Å². The van der Waals surface area contributed by atoms with Crippen LogP contribution in [0.15, 0.2) is 24.3 Å². The van der Waals surface area contributed by atoms with E-state index in [1.54, 1.807) is 0 Å². The molecule has 0 amide bonds. The number of nitrogens with zero attached hydrogens (tertiary/aromatic N) is 2. The summed E-state index contributed by atoms with van der Waals surface area (Å²) < 4.78 is 3.91. The van der Waals surface area contributed by atoms with Gasteiger partial charge in [0.15, 0.2) is 0 Å². The lowest BCUT2D eigenvalue weighted by molar-refractivity contribution is 1.08. The van der Waals surface area contributed by atoms with Crippen LogP contribution in [-0.4, -0.2) is 9.59 Å². The molecule has 4 heteroatoms. The van der Waals surface area contributed by atoms with Crippen LogP contribution >= 0.6 is 11.5 Å². The first-order valence-electron chi connectivity index (χ1n) is 4.39. The molecule has 0 atom stereocenters. The van der Waals surface area contributed by atoms with E-state index in [-0.39, 0.29) is 0 Å². The van der Waals surface area contributed by atoms with Crippen molar-refractivity contribution in [2.45, 2.75) is 13.5 Å². The number of rotatable bonds is 2. The van der Waals surface area contributed by atoms with Crippen molar-refractivity contribution in [1.29, 1.82) is 0 Å². The minimum absolute atomic E-state index is 0.501. The molecule has 14 heavy (non-hydrogen) atoms. The normalized spacial score (nSPS) is 10.4. The molecule has 0 radical (unpaired) electrons. The lowest BCUT2D eigenvalue weighted by Crippen LogP contribution is -1.95. The van der Waals surface area contributed by atoms with E-state index in [2.05, 4.69) is 28.6 Å². The van der Waals surface area contributed by atoms with Crippen LogP contribution in [0.3, 0.4) is 0 Å². The SMILES string of the molecule is Cc1cccc(-c2nnsc2CN)c1. The first kappa shape index (κ1) is 9.30. The summed E-state index contributed by atoms with van der Waals surface area (Å²) in [5.41, 5.74) is 8.84. The quantitative estimate of drug-likeness (QED) is 0.815. The molecule has 1 heterocycles. The Morgan fingerprint density at radius 3 is 3.00 bits per heavy atom. The third kappa shape index (κ3) is 1.66. The van der Waals surface area contributed by atoms with Crippen LogP contribution < -0.4 is 5.73 Å². The lowest BCUT2D eigenvalue weighted by atomic mass is 10.1. The smallest absolute Gasteiger partial charge is 0.110 e. The van der Waals surface area contributed by atoms with Crippen LogP contribution in [0.4, 0.5) is 0 Å². The van der Waals surface area contributed by atoms with Gasteiger partial charge in [0.2, 0.25) is 0 Å². The van der Waals surface area contributed by atoms with Crippen LogP contribution in [0.25, 0.3) is 11.3 Å². The Bertz CT molecular complexity index is 436. The second-order valence-corrected chi connectivity index (χ2v) is 3.96. The molecule has 2 rings (SSSR count). The summed E-state index contributed by atoms with van der Waals surface area (Å²) in [5.74, 6) is 0. The average Bonchev–Trinajstić information content (AvgIpc) is 2.65. The molecule has 0 saturated heterocycles.